The second-order valence-corrected chi connectivity index (χ2v) is 2.27. The van der Waals surface area contributed by atoms with Crippen molar-refractivity contribution in [3.05, 3.63) is 24.0 Å². The first kappa shape index (κ1) is 7.97. The van der Waals surface area contributed by atoms with Gasteiger partial charge in [-0.2, -0.15) is 0 Å². The summed E-state index contributed by atoms with van der Waals surface area (Å²) in [7, 11) is 0. The molecule has 5 N–H and O–H groups in total. The first-order chi connectivity index (χ1) is 5.25. The van der Waals surface area contributed by atoms with E-state index in [1.165, 1.54) is 0 Å². The van der Waals surface area contributed by atoms with Crippen molar-refractivity contribution in [3.63, 3.8) is 0 Å². The Bertz CT molecular complexity index is 239. The Morgan fingerprint density at radius 2 is 2.36 bits per heavy atom. The van der Waals surface area contributed by atoms with Crippen LogP contribution >= 0.6 is 0 Å². The average molecular weight is 153 g/mol. The van der Waals surface area contributed by atoms with E-state index in [2.05, 4.69) is 4.98 Å². The van der Waals surface area contributed by atoms with E-state index in [1.807, 2.05) is 0 Å². The third-order valence-corrected chi connectivity index (χ3v) is 1.42. The number of nitrogens with zero attached hydrogens (tertiary/aromatic N) is 1. The molecule has 60 valence electrons. The quantitative estimate of drug-likeness (QED) is 0.542. The first-order valence-electron chi connectivity index (χ1n) is 3.32. The molecular formula is C7H11N3O. The monoisotopic (exact) mass is 153 g/mol. The van der Waals surface area contributed by atoms with Crippen molar-refractivity contribution >= 4 is 5.69 Å². The van der Waals surface area contributed by atoms with Gasteiger partial charge in [0.25, 0.3) is 0 Å². The topological polar surface area (TPSA) is 85.2 Å². The van der Waals surface area contributed by atoms with E-state index in [-0.39, 0.29) is 6.61 Å². The average Bonchev–Trinajstić information content (AvgIpc) is 2.04. The van der Waals surface area contributed by atoms with E-state index in [0.717, 1.165) is 0 Å². The second kappa shape index (κ2) is 3.32. The van der Waals surface area contributed by atoms with Gasteiger partial charge in [-0.15, -0.1) is 0 Å². The molecule has 0 saturated carbocycles. The number of rotatable bonds is 2. The maximum absolute atomic E-state index is 8.69. The van der Waals surface area contributed by atoms with Gasteiger partial charge in [-0.05, 0) is 12.1 Å². The Morgan fingerprint density at radius 3 is 2.91 bits per heavy atom. The lowest BCUT2D eigenvalue weighted by Crippen LogP contribution is -2.17. The number of anilines is 1. The molecule has 0 spiro atoms. The fraction of sp³-hybridized carbons (Fsp3) is 0.286. The molecule has 0 bridgehead atoms. The van der Waals surface area contributed by atoms with Gasteiger partial charge in [0.1, 0.15) is 0 Å². The molecule has 1 aromatic heterocycles. The predicted molar refractivity (Wildman–Crippen MR) is 42.7 cm³/mol. The summed E-state index contributed by atoms with van der Waals surface area (Å²) in [6, 6.07) is 2.96. The smallest absolute Gasteiger partial charge is 0.0823 e. The van der Waals surface area contributed by atoms with Gasteiger partial charge < -0.3 is 16.6 Å². The zero-order chi connectivity index (χ0) is 8.27. The third kappa shape index (κ3) is 1.66. The van der Waals surface area contributed by atoms with Crippen LogP contribution in [0.4, 0.5) is 5.69 Å². The van der Waals surface area contributed by atoms with Crippen LogP contribution < -0.4 is 11.5 Å². The Morgan fingerprint density at radius 1 is 1.64 bits per heavy atom. The first-order valence-corrected chi connectivity index (χ1v) is 3.32. The van der Waals surface area contributed by atoms with E-state index in [1.54, 1.807) is 18.3 Å². The normalized spacial score (nSPS) is 12.9. The molecule has 0 saturated heterocycles. The standard InChI is InChI=1S/C7H11N3O/c8-5-2-1-3-10-7(5)6(9)4-11/h1-3,6,11H,4,8-9H2/t6-/m1/s1. The highest BCUT2D eigenvalue weighted by molar-refractivity contribution is 5.43. The number of aliphatic hydroxyl groups is 1. The zero-order valence-electron chi connectivity index (χ0n) is 6.07. The molecule has 0 amide bonds. The molecule has 0 aliphatic carbocycles. The van der Waals surface area contributed by atoms with Gasteiger partial charge in [0.05, 0.1) is 24.0 Å². The summed E-state index contributed by atoms with van der Waals surface area (Å²) in [6.07, 6.45) is 1.60. The van der Waals surface area contributed by atoms with Gasteiger partial charge >= 0.3 is 0 Å². The van der Waals surface area contributed by atoms with Gasteiger partial charge in [0.2, 0.25) is 0 Å². The Labute approximate surface area is 64.9 Å². The van der Waals surface area contributed by atoms with E-state index in [4.69, 9.17) is 16.6 Å². The third-order valence-electron chi connectivity index (χ3n) is 1.42. The fourth-order valence-electron chi connectivity index (χ4n) is 0.826. The van der Waals surface area contributed by atoms with Crippen molar-refractivity contribution in [2.24, 2.45) is 5.73 Å². The molecule has 0 aliphatic rings. The minimum absolute atomic E-state index is 0.138. The molecule has 4 nitrogen and oxygen atoms in total. The van der Waals surface area contributed by atoms with Gasteiger partial charge in [0, 0.05) is 6.20 Å². The van der Waals surface area contributed by atoms with Crippen LogP contribution in [0, 0.1) is 0 Å². The van der Waals surface area contributed by atoms with E-state index in [0.29, 0.717) is 11.4 Å². The molecule has 0 aromatic carbocycles. The van der Waals surface area contributed by atoms with Crippen LogP contribution in [0.25, 0.3) is 0 Å². The lowest BCUT2D eigenvalue weighted by molar-refractivity contribution is 0.266. The van der Waals surface area contributed by atoms with Crippen LogP contribution in [0.3, 0.4) is 0 Å². The summed E-state index contributed by atoms with van der Waals surface area (Å²) in [5.41, 5.74) is 12.1. The molecular weight excluding hydrogens is 142 g/mol. The molecule has 1 aromatic rings. The number of nitrogen functional groups attached to an aromatic ring is 1. The maximum atomic E-state index is 8.69. The molecule has 0 radical (unpaired) electrons. The fourth-order valence-corrected chi connectivity index (χ4v) is 0.826. The van der Waals surface area contributed by atoms with E-state index >= 15 is 0 Å². The summed E-state index contributed by atoms with van der Waals surface area (Å²) in [4.78, 5) is 3.94. The van der Waals surface area contributed by atoms with Gasteiger partial charge in [-0.3, -0.25) is 4.98 Å². The van der Waals surface area contributed by atoms with Crippen molar-refractivity contribution in [1.82, 2.24) is 4.98 Å². The number of hydrogen-bond acceptors (Lipinski definition) is 4. The number of aromatic nitrogens is 1. The van der Waals surface area contributed by atoms with Gasteiger partial charge in [-0.1, -0.05) is 0 Å². The highest BCUT2D eigenvalue weighted by Gasteiger charge is 2.07. The highest BCUT2D eigenvalue weighted by atomic mass is 16.3. The summed E-state index contributed by atoms with van der Waals surface area (Å²) < 4.78 is 0. The van der Waals surface area contributed by atoms with Crippen LogP contribution in [0.5, 0.6) is 0 Å². The lowest BCUT2D eigenvalue weighted by atomic mass is 10.2. The second-order valence-electron chi connectivity index (χ2n) is 2.27. The summed E-state index contributed by atoms with van der Waals surface area (Å²) in [6.45, 7) is -0.138. The summed E-state index contributed by atoms with van der Waals surface area (Å²) >= 11 is 0. The molecule has 1 atom stereocenters. The van der Waals surface area contributed by atoms with Crippen LogP contribution in [0.2, 0.25) is 0 Å². The largest absolute Gasteiger partial charge is 0.397 e. The molecule has 4 heteroatoms. The summed E-state index contributed by atoms with van der Waals surface area (Å²) in [5, 5.41) is 8.69. The molecule has 11 heavy (non-hydrogen) atoms. The Kier molecular flexibility index (Phi) is 2.40. The molecule has 0 unspecified atom stereocenters. The Balaban J connectivity index is 2.93. The predicted octanol–water partition coefficient (Wildman–Crippen LogP) is -0.344. The number of hydrogen-bond donors (Lipinski definition) is 3. The van der Waals surface area contributed by atoms with E-state index < -0.39 is 6.04 Å². The summed E-state index contributed by atoms with van der Waals surface area (Å²) in [5.74, 6) is 0. The molecule has 1 heterocycles. The van der Waals surface area contributed by atoms with Crippen LogP contribution in [0.1, 0.15) is 11.7 Å². The zero-order valence-corrected chi connectivity index (χ0v) is 6.07. The van der Waals surface area contributed by atoms with Crippen molar-refractivity contribution in [3.8, 4) is 0 Å². The van der Waals surface area contributed by atoms with Crippen molar-refractivity contribution < 1.29 is 5.11 Å². The van der Waals surface area contributed by atoms with Crippen LogP contribution in [0.15, 0.2) is 18.3 Å². The SMILES string of the molecule is Nc1cccnc1[C@H](N)CO. The number of aliphatic hydroxyl groups excluding tert-OH is 1. The Hall–Kier alpha value is -1.13. The minimum atomic E-state index is -0.476. The van der Waals surface area contributed by atoms with Crippen molar-refractivity contribution in [2.45, 2.75) is 6.04 Å². The van der Waals surface area contributed by atoms with E-state index in [9.17, 15) is 0 Å². The van der Waals surface area contributed by atoms with Gasteiger partial charge in [-0.25, -0.2) is 0 Å². The maximum Gasteiger partial charge on any atom is 0.0823 e. The number of pyridine rings is 1. The number of nitrogens with two attached hydrogens (primary N) is 2. The highest BCUT2D eigenvalue weighted by Crippen LogP contribution is 2.13. The molecule has 1 rings (SSSR count). The molecule has 0 aliphatic heterocycles. The van der Waals surface area contributed by atoms with Crippen LogP contribution in [-0.4, -0.2) is 16.7 Å². The minimum Gasteiger partial charge on any atom is -0.397 e. The lowest BCUT2D eigenvalue weighted by Gasteiger charge is -2.08. The molecule has 0 fully saturated rings. The van der Waals surface area contributed by atoms with Crippen molar-refractivity contribution in [2.75, 3.05) is 12.3 Å². The van der Waals surface area contributed by atoms with Gasteiger partial charge in [0.15, 0.2) is 0 Å². The van der Waals surface area contributed by atoms with Crippen LogP contribution in [-0.2, 0) is 0 Å². The van der Waals surface area contributed by atoms with Crippen molar-refractivity contribution in [1.29, 1.82) is 0 Å².